The van der Waals surface area contributed by atoms with Crippen molar-refractivity contribution < 1.29 is 14.3 Å². The zero-order chi connectivity index (χ0) is 19.4. The number of esters is 1. The number of benzene rings is 1. The number of aromatic nitrogens is 2. The van der Waals surface area contributed by atoms with Crippen LogP contribution in [-0.2, 0) is 9.53 Å². The molecule has 2 N–H and O–H groups in total. The Morgan fingerprint density at radius 2 is 2.22 bits per heavy atom. The van der Waals surface area contributed by atoms with E-state index in [9.17, 15) is 4.79 Å². The van der Waals surface area contributed by atoms with Gasteiger partial charge in [0.1, 0.15) is 17.8 Å². The van der Waals surface area contributed by atoms with Crippen LogP contribution >= 0.6 is 11.6 Å². The smallest absolute Gasteiger partial charge is 0.310 e. The van der Waals surface area contributed by atoms with Crippen LogP contribution in [0.4, 0.5) is 11.5 Å². The second kappa shape index (κ2) is 8.43. The molecule has 8 heteroatoms. The molecule has 0 saturated carbocycles. The summed E-state index contributed by atoms with van der Waals surface area (Å²) in [6.45, 7) is 5.36. The van der Waals surface area contributed by atoms with Crippen molar-refractivity contribution in [3.8, 4) is 11.6 Å². The van der Waals surface area contributed by atoms with Crippen LogP contribution in [0, 0.1) is 12.8 Å². The van der Waals surface area contributed by atoms with E-state index in [-0.39, 0.29) is 17.8 Å². The number of ether oxygens (including phenoxy) is 2. The van der Waals surface area contributed by atoms with E-state index < -0.39 is 0 Å². The van der Waals surface area contributed by atoms with Gasteiger partial charge in [-0.2, -0.15) is 4.98 Å². The predicted octanol–water partition coefficient (Wildman–Crippen LogP) is 3.59. The Kier molecular flexibility index (Phi) is 6.01. The molecule has 2 aromatic rings. The van der Waals surface area contributed by atoms with Crippen LogP contribution in [-0.4, -0.2) is 35.6 Å². The topological polar surface area (TPSA) is 90.6 Å². The standard InChI is InChI=1S/C19H23ClN4O3/c1-3-26-19(25)13-5-4-8-24(10-13)17-16(21)18(23-11-22-17)27-14-6-7-15(20)12(2)9-14/h6-7,9,11,13H,3-5,8,10,21H2,1-2H3. The lowest BCUT2D eigenvalue weighted by molar-refractivity contribution is -0.148. The number of nitrogens with two attached hydrogens (primary N) is 1. The largest absolute Gasteiger partial charge is 0.466 e. The maximum Gasteiger partial charge on any atom is 0.310 e. The molecule has 1 atom stereocenters. The Bertz CT molecular complexity index is 831. The highest BCUT2D eigenvalue weighted by molar-refractivity contribution is 6.31. The SMILES string of the molecule is CCOC(=O)C1CCCN(c2ncnc(Oc3ccc(Cl)c(C)c3)c2N)C1. The minimum absolute atomic E-state index is 0.178. The fraction of sp³-hybridized carbons (Fsp3) is 0.421. The summed E-state index contributed by atoms with van der Waals surface area (Å²) in [6.07, 6.45) is 3.07. The van der Waals surface area contributed by atoms with Crippen molar-refractivity contribution >= 4 is 29.1 Å². The molecule has 0 aliphatic carbocycles. The molecule has 0 spiro atoms. The molecular weight excluding hydrogens is 368 g/mol. The van der Waals surface area contributed by atoms with Crippen LogP contribution in [0.1, 0.15) is 25.3 Å². The number of piperidine rings is 1. The van der Waals surface area contributed by atoms with E-state index in [1.807, 2.05) is 24.8 Å². The Balaban J connectivity index is 1.79. The molecule has 0 radical (unpaired) electrons. The van der Waals surface area contributed by atoms with E-state index in [1.54, 1.807) is 12.1 Å². The van der Waals surface area contributed by atoms with Crippen LogP contribution in [0.5, 0.6) is 11.6 Å². The van der Waals surface area contributed by atoms with Gasteiger partial charge in [-0.05, 0) is 50.5 Å². The van der Waals surface area contributed by atoms with E-state index in [0.717, 1.165) is 24.9 Å². The number of hydrogen-bond donors (Lipinski definition) is 1. The summed E-state index contributed by atoms with van der Waals surface area (Å²) in [7, 11) is 0. The molecule has 0 bridgehead atoms. The van der Waals surface area contributed by atoms with E-state index >= 15 is 0 Å². The average Bonchev–Trinajstić information content (AvgIpc) is 2.67. The highest BCUT2D eigenvalue weighted by atomic mass is 35.5. The van der Waals surface area contributed by atoms with Gasteiger partial charge in [-0.15, -0.1) is 0 Å². The molecule has 1 aromatic heterocycles. The highest BCUT2D eigenvalue weighted by Gasteiger charge is 2.29. The number of halogens is 1. The van der Waals surface area contributed by atoms with Gasteiger partial charge in [0.05, 0.1) is 12.5 Å². The van der Waals surface area contributed by atoms with Gasteiger partial charge >= 0.3 is 5.97 Å². The van der Waals surface area contributed by atoms with E-state index in [2.05, 4.69) is 9.97 Å². The van der Waals surface area contributed by atoms with Gasteiger partial charge in [-0.1, -0.05) is 11.6 Å². The van der Waals surface area contributed by atoms with Crippen molar-refractivity contribution in [3.63, 3.8) is 0 Å². The van der Waals surface area contributed by atoms with Crippen molar-refractivity contribution in [3.05, 3.63) is 35.1 Å². The van der Waals surface area contributed by atoms with Gasteiger partial charge in [0.25, 0.3) is 0 Å². The molecule has 27 heavy (non-hydrogen) atoms. The molecule has 0 amide bonds. The number of carbonyl (C=O) groups excluding carboxylic acids is 1. The van der Waals surface area contributed by atoms with Crippen molar-refractivity contribution in [1.82, 2.24) is 9.97 Å². The summed E-state index contributed by atoms with van der Waals surface area (Å²) < 4.78 is 11.0. The van der Waals surface area contributed by atoms with Crippen LogP contribution < -0.4 is 15.4 Å². The monoisotopic (exact) mass is 390 g/mol. The molecule has 1 aromatic carbocycles. The summed E-state index contributed by atoms with van der Waals surface area (Å²) in [5, 5.41) is 0.664. The predicted molar refractivity (Wildman–Crippen MR) is 104 cm³/mol. The number of rotatable bonds is 5. The highest BCUT2D eigenvalue weighted by Crippen LogP contribution is 2.34. The normalized spacial score (nSPS) is 16.9. The van der Waals surface area contributed by atoms with Gasteiger partial charge in [-0.3, -0.25) is 4.79 Å². The van der Waals surface area contributed by atoms with E-state index in [1.165, 1.54) is 6.33 Å². The fourth-order valence-electron chi connectivity index (χ4n) is 3.12. The summed E-state index contributed by atoms with van der Waals surface area (Å²) in [4.78, 5) is 22.5. The number of aryl methyl sites for hydroxylation is 1. The number of anilines is 2. The van der Waals surface area contributed by atoms with E-state index in [0.29, 0.717) is 35.4 Å². The maximum atomic E-state index is 12.1. The van der Waals surface area contributed by atoms with Gasteiger partial charge in [0, 0.05) is 18.1 Å². The first kappa shape index (κ1) is 19.2. The van der Waals surface area contributed by atoms with Crippen LogP contribution in [0.3, 0.4) is 0 Å². The first-order chi connectivity index (χ1) is 13.0. The molecule has 1 fully saturated rings. The summed E-state index contributed by atoms with van der Waals surface area (Å²) in [6, 6.07) is 5.34. The van der Waals surface area contributed by atoms with Crippen molar-refractivity contribution in [2.24, 2.45) is 5.92 Å². The Morgan fingerprint density at radius 1 is 1.41 bits per heavy atom. The first-order valence-electron chi connectivity index (χ1n) is 8.95. The number of nitrogens with zero attached hydrogens (tertiary/aromatic N) is 3. The van der Waals surface area contributed by atoms with Crippen molar-refractivity contribution in [2.45, 2.75) is 26.7 Å². The quantitative estimate of drug-likeness (QED) is 0.780. The van der Waals surface area contributed by atoms with E-state index in [4.69, 9.17) is 26.8 Å². The van der Waals surface area contributed by atoms with Gasteiger partial charge < -0.3 is 20.1 Å². The minimum atomic E-state index is -0.184. The Hall–Kier alpha value is -2.54. The molecule has 1 aliphatic rings. The lowest BCUT2D eigenvalue weighted by Gasteiger charge is -2.33. The second-order valence-corrected chi connectivity index (χ2v) is 6.87. The number of carbonyl (C=O) groups is 1. The van der Waals surface area contributed by atoms with Gasteiger partial charge in [-0.25, -0.2) is 4.98 Å². The maximum absolute atomic E-state index is 12.1. The molecule has 1 saturated heterocycles. The fourth-order valence-corrected chi connectivity index (χ4v) is 3.24. The first-order valence-corrected chi connectivity index (χ1v) is 9.33. The van der Waals surface area contributed by atoms with Gasteiger partial charge in [0.15, 0.2) is 5.82 Å². The average molecular weight is 391 g/mol. The van der Waals surface area contributed by atoms with Crippen molar-refractivity contribution in [1.29, 1.82) is 0 Å². The third-order valence-corrected chi connectivity index (χ3v) is 4.94. The zero-order valence-corrected chi connectivity index (χ0v) is 16.2. The third kappa shape index (κ3) is 4.42. The molecular formula is C19H23ClN4O3. The molecule has 1 aliphatic heterocycles. The summed E-state index contributed by atoms with van der Waals surface area (Å²) >= 11 is 6.05. The zero-order valence-electron chi connectivity index (χ0n) is 15.4. The Labute approximate surface area is 163 Å². The molecule has 3 rings (SSSR count). The molecule has 2 heterocycles. The van der Waals surface area contributed by atoms with Crippen LogP contribution in [0.2, 0.25) is 5.02 Å². The van der Waals surface area contributed by atoms with Crippen LogP contribution in [0.15, 0.2) is 24.5 Å². The summed E-state index contributed by atoms with van der Waals surface area (Å²) in [5.74, 6) is 1.08. The molecule has 144 valence electrons. The third-order valence-electron chi connectivity index (χ3n) is 4.51. The van der Waals surface area contributed by atoms with Crippen molar-refractivity contribution in [2.75, 3.05) is 30.3 Å². The minimum Gasteiger partial charge on any atom is -0.466 e. The van der Waals surface area contributed by atoms with Crippen LogP contribution in [0.25, 0.3) is 0 Å². The number of hydrogen-bond acceptors (Lipinski definition) is 7. The second-order valence-electron chi connectivity index (χ2n) is 6.47. The lowest BCUT2D eigenvalue weighted by Crippen LogP contribution is -2.40. The molecule has 1 unspecified atom stereocenters. The number of nitrogen functional groups attached to an aromatic ring is 1. The lowest BCUT2D eigenvalue weighted by atomic mass is 9.98. The summed E-state index contributed by atoms with van der Waals surface area (Å²) in [5.41, 5.74) is 7.52. The van der Waals surface area contributed by atoms with Gasteiger partial charge in [0.2, 0.25) is 5.88 Å². The Morgan fingerprint density at radius 3 is 2.96 bits per heavy atom. The molecule has 7 nitrogen and oxygen atoms in total.